The minimum Gasteiger partial charge on any atom is -0.489 e. The highest BCUT2D eigenvalue weighted by Gasteiger charge is 2.26. The van der Waals surface area contributed by atoms with Crippen molar-refractivity contribution in [3.05, 3.63) is 80.3 Å². The lowest BCUT2D eigenvalue weighted by Gasteiger charge is -2.13. The molecule has 0 aliphatic carbocycles. The van der Waals surface area contributed by atoms with Crippen LogP contribution in [-0.4, -0.2) is 27.1 Å². The molecule has 0 aliphatic rings. The first-order chi connectivity index (χ1) is 14.2. The maximum absolute atomic E-state index is 13.5. The van der Waals surface area contributed by atoms with E-state index < -0.39 is 40.3 Å². The van der Waals surface area contributed by atoms with Crippen LogP contribution in [0.15, 0.2) is 47.3 Å². The molecule has 154 valence electrons. The molecule has 8 nitrogen and oxygen atoms in total. The molecule has 2 aromatic carbocycles. The first-order valence-corrected chi connectivity index (χ1v) is 8.76. The fourth-order valence-electron chi connectivity index (χ4n) is 2.85. The van der Waals surface area contributed by atoms with Crippen molar-refractivity contribution in [2.45, 2.75) is 6.61 Å². The number of halogens is 2. The number of ether oxygens (including phenoxy) is 1. The monoisotopic (exact) mass is 432 g/mol. The number of benzene rings is 2. The molecule has 0 saturated carbocycles. The number of hydrogen-bond acceptors (Lipinski definition) is 5. The summed E-state index contributed by atoms with van der Waals surface area (Å²) in [5.74, 6) is -3.79. The van der Waals surface area contributed by atoms with E-state index in [0.717, 1.165) is 0 Å². The van der Waals surface area contributed by atoms with E-state index in [2.05, 4.69) is 0 Å². The van der Waals surface area contributed by atoms with Crippen molar-refractivity contribution in [3.8, 4) is 16.9 Å². The summed E-state index contributed by atoms with van der Waals surface area (Å²) in [6, 6.07) is 9.92. The Morgan fingerprint density at radius 2 is 1.70 bits per heavy atom. The van der Waals surface area contributed by atoms with Crippen molar-refractivity contribution in [2.24, 2.45) is 0 Å². The average Bonchev–Trinajstić information content (AvgIpc) is 2.68. The molecule has 0 radical (unpaired) electrons. The molecule has 0 unspecified atom stereocenters. The molecule has 30 heavy (non-hydrogen) atoms. The molecule has 3 aromatic rings. The number of nitrogen functional groups attached to an aromatic ring is 1. The molecular formula is C20H14ClFN2O6. The zero-order valence-corrected chi connectivity index (χ0v) is 15.9. The third-order valence-electron chi connectivity index (χ3n) is 4.20. The van der Waals surface area contributed by atoms with E-state index in [1.54, 1.807) is 6.07 Å². The number of carboxylic acids is 2. The fraction of sp³-hybridized carbons (Fsp3) is 0.0500. The summed E-state index contributed by atoms with van der Waals surface area (Å²) in [6.07, 6.45) is 0. The predicted octanol–water partition coefficient (Wildman–Crippen LogP) is 3.39. The van der Waals surface area contributed by atoms with Gasteiger partial charge in [-0.05, 0) is 35.4 Å². The van der Waals surface area contributed by atoms with Crippen LogP contribution in [0.1, 0.15) is 26.3 Å². The molecule has 0 bridgehead atoms. The van der Waals surface area contributed by atoms with Gasteiger partial charge >= 0.3 is 11.9 Å². The number of carboxylic acid groups (broad SMARTS) is 2. The van der Waals surface area contributed by atoms with Crippen molar-refractivity contribution < 1.29 is 28.9 Å². The second-order valence-electron chi connectivity index (χ2n) is 6.16. The summed E-state index contributed by atoms with van der Waals surface area (Å²) in [6.45, 7) is 0.0339. The van der Waals surface area contributed by atoms with E-state index in [0.29, 0.717) is 11.3 Å². The van der Waals surface area contributed by atoms with E-state index in [9.17, 15) is 29.0 Å². The van der Waals surface area contributed by atoms with Crippen LogP contribution >= 0.6 is 11.6 Å². The molecular weight excluding hydrogens is 419 g/mol. The largest absolute Gasteiger partial charge is 0.489 e. The lowest BCUT2D eigenvalue weighted by Crippen LogP contribution is -2.24. The summed E-state index contributed by atoms with van der Waals surface area (Å²) in [7, 11) is 0. The van der Waals surface area contributed by atoms with Crippen molar-refractivity contribution in [3.63, 3.8) is 0 Å². The summed E-state index contributed by atoms with van der Waals surface area (Å²) in [5, 5.41) is 18.8. The number of anilines is 1. The Labute approximate surface area is 173 Å². The van der Waals surface area contributed by atoms with Crippen LogP contribution in [0.4, 0.5) is 10.2 Å². The number of H-pyrrole nitrogens is 1. The first kappa shape index (κ1) is 20.9. The van der Waals surface area contributed by atoms with Gasteiger partial charge in [-0.1, -0.05) is 29.8 Å². The zero-order chi connectivity index (χ0) is 22.0. The molecule has 1 heterocycles. The molecule has 1 aromatic heterocycles. The van der Waals surface area contributed by atoms with Crippen LogP contribution in [-0.2, 0) is 6.61 Å². The minimum absolute atomic E-state index is 0.0105. The Hall–Kier alpha value is -3.85. The van der Waals surface area contributed by atoms with E-state index in [1.165, 1.54) is 36.4 Å². The SMILES string of the molecule is Nc1[nH]c(=O)c(C(=O)O)c(-c2ccc(OCc3ccc(Cl)c(F)c3)cc2)c1C(=O)O. The summed E-state index contributed by atoms with van der Waals surface area (Å²) in [5.41, 5.74) is 3.66. The van der Waals surface area contributed by atoms with Gasteiger partial charge < -0.3 is 25.7 Å². The summed E-state index contributed by atoms with van der Waals surface area (Å²) >= 11 is 5.63. The van der Waals surface area contributed by atoms with Crippen LogP contribution < -0.4 is 16.0 Å². The van der Waals surface area contributed by atoms with Crippen molar-refractivity contribution in [1.29, 1.82) is 0 Å². The Balaban J connectivity index is 1.96. The standard InChI is InChI=1S/C20H14ClFN2O6/c21-12-6-1-9(7-13(12)22)8-30-11-4-2-10(3-5-11)14-15(19(26)27)17(23)24-18(25)16(14)20(28)29/h1-7H,8H2,(H,26,27)(H,28,29)(H3,23,24,25). The highest BCUT2D eigenvalue weighted by molar-refractivity contribution is 6.30. The van der Waals surface area contributed by atoms with Crippen LogP contribution in [0, 0.1) is 5.82 Å². The Kier molecular flexibility index (Phi) is 5.74. The smallest absolute Gasteiger partial charge is 0.342 e. The van der Waals surface area contributed by atoms with Crippen molar-refractivity contribution >= 4 is 29.4 Å². The fourth-order valence-corrected chi connectivity index (χ4v) is 2.97. The van der Waals surface area contributed by atoms with Gasteiger partial charge in [-0.3, -0.25) is 4.79 Å². The van der Waals surface area contributed by atoms with Gasteiger partial charge in [0.15, 0.2) is 0 Å². The number of aromatic nitrogens is 1. The van der Waals surface area contributed by atoms with Gasteiger partial charge in [0.25, 0.3) is 5.56 Å². The average molecular weight is 433 g/mol. The summed E-state index contributed by atoms with van der Waals surface area (Å²) < 4.78 is 19.0. The number of aromatic carboxylic acids is 2. The van der Waals surface area contributed by atoms with Gasteiger partial charge in [-0.25, -0.2) is 14.0 Å². The zero-order valence-electron chi connectivity index (χ0n) is 15.1. The Morgan fingerprint density at radius 3 is 2.27 bits per heavy atom. The third kappa shape index (κ3) is 4.11. The number of aromatic amines is 1. The molecule has 0 spiro atoms. The van der Waals surface area contributed by atoms with Gasteiger partial charge in [-0.15, -0.1) is 0 Å². The van der Waals surface area contributed by atoms with Crippen LogP contribution in [0.25, 0.3) is 11.1 Å². The number of pyridine rings is 1. The van der Waals surface area contributed by atoms with E-state index in [-0.39, 0.29) is 22.8 Å². The van der Waals surface area contributed by atoms with Crippen LogP contribution in [0.3, 0.4) is 0 Å². The minimum atomic E-state index is -1.60. The molecule has 5 N–H and O–H groups in total. The Morgan fingerprint density at radius 1 is 1.07 bits per heavy atom. The molecule has 0 amide bonds. The maximum Gasteiger partial charge on any atom is 0.342 e. The van der Waals surface area contributed by atoms with E-state index in [4.69, 9.17) is 22.1 Å². The molecule has 0 atom stereocenters. The number of hydrogen-bond donors (Lipinski definition) is 4. The lowest BCUT2D eigenvalue weighted by molar-refractivity contribution is 0.0695. The third-order valence-corrected chi connectivity index (χ3v) is 4.51. The van der Waals surface area contributed by atoms with Crippen LogP contribution in [0.2, 0.25) is 5.02 Å². The molecule has 10 heteroatoms. The van der Waals surface area contributed by atoms with Gasteiger partial charge in [-0.2, -0.15) is 0 Å². The summed E-state index contributed by atoms with van der Waals surface area (Å²) in [4.78, 5) is 37.3. The number of nitrogens with two attached hydrogens (primary N) is 1. The Bertz CT molecular complexity index is 1210. The van der Waals surface area contributed by atoms with Crippen molar-refractivity contribution in [1.82, 2.24) is 4.98 Å². The van der Waals surface area contributed by atoms with Gasteiger partial charge in [0.2, 0.25) is 0 Å². The second-order valence-corrected chi connectivity index (χ2v) is 6.57. The lowest BCUT2D eigenvalue weighted by atomic mass is 9.95. The van der Waals surface area contributed by atoms with Crippen molar-refractivity contribution in [2.75, 3.05) is 5.73 Å². The quantitative estimate of drug-likeness (QED) is 0.467. The van der Waals surface area contributed by atoms with Gasteiger partial charge in [0, 0.05) is 5.56 Å². The molecule has 0 aliphatic heterocycles. The number of carbonyl (C=O) groups is 2. The highest BCUT2D eigenvalue weighted by Crippen LogP contribution is 2.30. The topological polar surface area (TPSA) is 143 Å². The van der Waals surface area contributed by atoms with Gasteiger partial charge in [0.1, 0.15) is 35.1 Å². The predicted molar refractivity (Wildman–Crippen MR) is 107 cm³/mol. The first-order valence-electron chi connectivity index (χ1n) is 8.38. The molecule has 0 saturated heterocycles. The molecule has 3 rings (SSSR count). The maximum atomic E-state index is 13.5. The van der Waals surface area contributed by atoms with Gasteiger partial charge in [0.05, 0.1) is 5.02 Å². The van der Waals surface area contributed by atoms with E-state index >= 15 is 0 Å². The normalized spacial score (nSPS) is 10.6. The van der Waals surface area contributed by atoms with Crippen LogP contribution in [0.5, 0.6) is 5.75 Å². The second kappa shape index (κ2) is 8.26. The number of rotatable bonds is 6. The highest BCUT2D eigenvalue weighted by atomic mass is 35.5. The molecule has 0 fully saturated rings. The number of nitrogens with one attached hydrogen (secondary N) is 1. The van der Waals surface area contributed by atoms with E-state index in [1.807, 2.05) is 4.98 Å².